The first-order chi connectivity index (χ1) is 9.91. The molecular weight excluding hydrogens is 286 g/mol. The normalized spacial score (nSPS) is 11.3. The van der Waals surface area contributed by atoms with Crippen molar-refractivity contribution >= 4 is 5.69 Å². The molecule has 0 radical (unpaired) electrons. The SMILES string of the molecule is COc1ccccc1CNc1ccc(F)c(C(F)(F)F)c1. The van der Waals surface area contributed by atoms with Crippen molar-refractivity contribution in [3.8, 4) is 5.75 Å². The molecule has 21 heavy (non-hydrogen) atoms. The van der Waals surface area contributed by atoms with Crippen LogP contribution in [0.1, 0.15) is 11.1 Å². The fourth-order valence-corrected chi connectivity index (χ4v) is 1.90. The average molecular weight is 299 g/mol. The van der Waals surface area contributed by atoms with Gasteiger partial charge in [0.2, 0.25) is 0 Å². The van der Waals surface area contributed by atoms with E-state index in [1.54, 1.807) is 24.3 Å². The molecule has 2 aromatic rings. The van der Waals surface area contributed by atoms with E-state index in [0.717, 1.165) is 17.7 Å². The summed E-state index contributed by atoms with van der Waals surface area (Å²) in [5, 5.41) is 2.83. The van der Waals surface area contributed by atoms with Crippen molar-refractivity contribution in [1.29, 1.82) is 0 Å². The largest absolute Gasteiger partial charge is 0.496 e. The van der Waals surface area contributed by atoms with Crippen LogP contribution in [0.5, 0.6) is 5.75 Å². The molecular formula is C15H13F4NO. The zero-order chi connectivity index (χ0) is 15.5. The number of benzene rings is 2. The molecule has 0 heterocycles. The smallest absolute Gasteiger partial charge is 0.419 e. The number of methoxy groups -OCH3 is 1. The second kappa shape index (κ2) is 6.03. The predicted octanol–water partition coefficient (Wildman–Crippen LogP) is 4.47. The Labute approximate surface area is 119 Å². The van der Waals surface area contributed by atoms with E-state index in [4.69, 9.17) is 4.74 Å². The molecule has 0 spiro atoms. The average Bonchev–Trinajstić information content (AvgIpc) is 2.45. The summed E-state index contributed by atoms with van der Waals surface area (Å²) >= 11 is 0. The Hall–Kier alpha value is -2.24. The number of rotatable bonds is 4. The van der Waals surface area contributed by atoms with E-state index in [1.165, 1.54) is 13.2 Å². The van der Waals surface area contributed by atoms with E-state index in [-0.39, 0.29) is 12.2 Å². The summed E-state index contributed by atoms with van der Waals surface area (Å²) in [4.78, 5) is 0. The van der Waals surface area contributed by atoms with Gasteiger partial charge in [-0.05, 0) is 24.3 Å². The van der Waals surface area contributed by atoms with Crippen LogP contribution in [0.4, 0.5) is 23.2 Å². The van der Waals surface area contributed by atoms with Crippen LogP contribution < -0.4 is 10.1 Å². The number of hydrogen-bond donors (Lipinski definition) is 1. The number of nitrogens with one attached hydrogen (secondary N) is 1. The van der Waals surface area contributed by atoms with Crippen molar-refractivity contribution in [3.05, 3.63) is 59.4 Å². The molecule has 0 saturated heterocycles. The predicted molar refractivity (Wildman–Crippen MR) is 71.7 cm³/mol. The second-order valence-electron chi connectivity index (χ2n) is 4.36. The second-order valence-corrected chi connectivity index (χ2v) is 4.36. The summed E-state index contributed by atoms with van der Waals surface area (Å²) in [6.07, 6.45) is -4.72. The Kier molecular flexibility index (Phi) is 4.35. The van der Waals surface area contributed by atoms with Gasteiger partial charge in [0.15, 0.2) is 0 Å². The van der Waals surface area contributed by atoms with Crippen LogP contribution in [0.2, 0.25) is 0 Å². The van der Waals surface area contributed by atoms with E-state index in [1.807, 2.05) is 0 Å². The van der Waals surface area contributed by atoms with E-state index < -0.39 is 17.6 Å². The molecule has 0 aliphatic heterocycles. The molecule has 2 nitrogen and oxygen atoms in total. The van der Waals surface area contributed by atoms with Crippen molar-refractivity contribution < 1.29 is 22.3 Å². The van der Waals surface area contributed by atoms with Gasteiger partial charge in [-0.2, -0.15) is 13.2 Å². The van der Waals surface area contributed by atoms with Crippen molar-refractivity contribution in [2.75, 3.05) is 12.4 Å². The molecule has 112 valence electrons. The maximum atomic E-state index is 13.2. The maximum Gasteiger partial charge on any atom is 0.419 e. The lowest BCUT2D eigenvalue weighted by atomic mass is 10.1. The zero-order valence-electron chi connectivity index (χ0n) is 11.2. The van der Waals surface area contributed by atoms with Crippen molar-refractivity contribution in [1.82, 2.24) is 0 Å². The molecule has 0 saturated carbocycles. The topological polar surface area (TPSA) is 21.3 Å². The zero-order valence-corrected chi connectivity index (χ0v) is 11.2. The van der Waals surface area contributed by atoms with Crippen molar-refractivity contribution in [2.24, 2.45) is 0 Å². The highest BCUT2D eigenvalue weighted by Gasteiger charge is 2.34. The molecule has 0 bridgehead atoms. The van der Waals surface area contributed by atoms with Crippen LogP contribution >= 0.6 is 0 Å². The summed E-state index contributed by atoms with van der Waals surface area (Å²) in [6.45, 7) is 0.271. The lowest BCUT2D eigenvalue weighted by Crippen LogP contribution is -2.09. The Morgan fingerprint density at radius 3 is 2.48 bits per heavy atom. The van der Waals surface area contributed by atoms with Gasteiger partial charge in [0.05, 0.1) is 12.7 Å². The number of hydrogen-bond acceptors (Lipinski definition) is 2. The van der Waals surface area contributed by atoms with Crippen LogP contribution in [0, 0.1) is 5.82 Å². The first kappa shape index (κ1) is 15.2. The Morgan fingerprint density at radius 2 is 1.81 bits per heavy atom. The Balaban J connectivity index is 2.17. The van der Waals surface area contributed by atoms with Crippen LogP contribution in [-0.4, -0.2) is 7.11 Å². The lowest BCUT2D eigenvalue weighted by molar-refractivity contribution is -0.139. The molecule has 0 amide bonds. The van der Waals surface area contributed by atoms with Gasteiger partial charge in [-0.25, -0.2) is 4.39 Å². The quantitative estimate of drug-likeness (QED) is 0.841. The van der Waals surface area contributed by atoms with Gasteiger partial charge >= 0.3 is 6.18 Å². The van der Waals surface area contributed by atoms with Gasteiger partial charge in [-0.15, -0.1) is 0 Å². The van der Waals surface area contributed by atoms with Crippen LogP contribution in [0.15, 0.2) is 42.5 Å². The first-order valence-corrected chi connectivity index (χ1v) is 6.14. The summed E-state index contributed by atoms with van der Waals surface area (Å²) in [7, 11) is 1.51. The minimum atomic E-state index is -4.72. The molecule has 0 atom stereocenters. The van der Waals surface area contributed by atoms with Crippen molar-refractivity contribution in [2.45, 2.75) is 12.7 Å². The lowest BCUT2D eigenvalue weighted by Gasteiger charge is -2.13. The highest BCUT2D eigenvalue weighted by molar-refractivity contribution is 5.48. The maximum absolute atomic E-state index is 13.2. The third-order valence-electron chi connectivity index (χ3n) is 2.95. The molecule has 0 aliphatic carbocycles. The molecule has 1 N–H and O–H groups in total. The summed E-state index contributed by atoms with van der Waals surface area (Å²) in [5.74, 6) is -0.659. The van der Waals surface area contributed by atoms with Gasteiger partial charge in [0.25, 0.3) is 0 Å². The molecule has 0 unspecified atom stereocenters. The van der Waals surface area contributed by atoms with Crippen LogP contribution in [-0.2, 0) is 12.7 Å². The number of anilines is 1. The van der Waals surface area contributed by atoms with E-state index in [2.05, 4.69) is 5.32 Å². The fraction of sp³-hybridized carbons (Fsp3) is 0.200. The van der Waals surface area contributed by atoms with E-state index in [9.17, 15) is 17.6 Å². The minimum Gasteiger partial charge on any atom is -0.496 e. The standard InChI is InChI=1S/C15H13F4NO/c1-21-14-5-3-2-4-10(14)9-20-11-6-7-13(16)12(8-11)15(17,18)19/h2-8,20H,9H2,1H3. The van der Waals surface area contributed by atoms with Crippen LogP contribution in [0.25, 0.3) is 0 Å². The molecule has 0 fully saturated rings. The Morgan fingerprint density at radius 1 is 1.10 bits per heavy atom. The summed E-state index contributed by atoms with van der Waals surface area (Å²) < 4.78 is 56.2. The number of para-hydroxylation sites is 1. The first-order valence-electron chi connectivity index (χ1n) is 6.14. The molecule has 2 rings (SSSR count). The fourth-order valence-electron chi connectivity index (χ4n) is 1.90. The molecule has 0 aromatic heterocycles. The van der Waals surface area contributed by atoms with Gasteiger partial charge in [0.1, 0.15) is 11.6 Å². The number of halogens is 4. The highest BCUT2D eigenvalue weighted by Crippen LogP contribution is 2.33. The monoisotopic (exact) mass is 299 g/mol. The third kappa shape index (κ3) is 3.65. The van der Waals surface area contributed by atoms with Crippen molar-refractivity contribution in [3.63, 3.8) is 0 Å². The van der Waals surface area contributed by atoms with Crippen LogP contribution in [0.3, 0.4) is 0 Å². The summed E-state index contributed by atoms with van der Waals surface area (Å²) in [5.41, 5.74) is -0.306. The van der Waals surface area contributed by atoms with E-state index >= 15 is 0 Å². The van der Waals surface area contributed by atoms with Gasteiger partial charge in [0, 0.05) is 17.8 Å². The highest BCUT2D eigenvalue weighted by atomic mass is 19.4. The summed E-state index contributed by atoms with van der Waals surface area (Å²) in [6, 6.07) is 9.95. The molecule has 2 aromatic carbocycles. The van der Waals surface area contributed by atoms with Gasteiger partial charge in [-0.1, -0.05) is 18.2 Å². The number of alkyl halides is 3. The minimum absolute atomic E-state index is 0.189. The van der Waals surface area contributed by atoms with E-state index in [0.29, 0.717) is 5.75 Å². The third-order valence-corrected chi connectivity index (χ3v) is 2.95. The van der Waals surface area contributed by atoms with Gasteiger partial charge in [-0.3, -0.25) is 0 Å². The van der Waals surface area contributed by atoms with Gasteiger partial charge < -0.3 is 10.1 Å². The number of ether oxygens (including phenoxy) is 1. The Bertz CT molecular complexity index is 625. The molecule has 6 heteroatoms. The molecule has 0 aliphatic rings.